The first-order valence-corrected chi connectivity index (χ1v) is 12.2. The molecule has 0 aliphatic rings. The third-order valence-corrected chi connectivity index (χ3v) is 5.06. The summed E-state index contributed by atoms with van der Waals surface area (Å²) in [7, 11) is 0. The molecule has 11 nitrogen and oxygen atoms in total. The second-order valence-corrected chi connectivity index (χ2v) is 8.85. The maximum atomic E-state index is 12.9. The fraction of sp³-hybridized carbons (Fsp3) is 0.500. The van der Waals surface area contributed by atoms with Gasteiger partial charge in [-0.15, -0.1) is 0 Å². The van der Waals surface area contributed by atoms with Crippen molar-refractivity contribution in [3.63, 3.8) is 0 Å². The number of amides is 4. The van der Waals surface area contributed by atoms with E-state index < -0.39 is 47.9 Å². The monoisotopic (exact) mass is 518 g/mol. The molecule has 5 N–H and O–H groups in total. The Kier molecular flexibility index (Phi) is 14.1. The SMILES string of the molecule is CCOC(=O)/C=C/[C@H](CCC(N)=O)NC(=O)[C@H](C)NC(=O)[C@H](CC(C)C)NC(=O)OCc1ccccc1. The highest BCUT2D eigenvalue weighted by atomic mass is 16.5. The smallest absolute Gasteiger partial charge is 0.408 e. The van der Waals surface area contributed by atoms with E-state index in [0.717, 1.165) is 11.6 Å². The number of hydrogen-bond donors (Lipinski definition) is 4. The summed E-state index contributed by atoms with van der Waals surface area (Å²) in [6.07, 6.45) is 2.26. The number of ether oxygens (including phenoxy) is 2. The van der Waals surface area contributed by atoms with Gasteiger partial charge in [-0.3, -0.25) is 14.4 Å². The highest BCUT2D eigenvalue weighted by Crippen LogP contribution is 2.07. The molecule has 3 atom stereocenters. The summed E-state index contributed by atoms with van der Waals surface area (Å²) in [6.45, 7) is 7.17. The molecule has 0 heterocycles. The molecule has 0 aliphatic carbocycles. The Morgan fingerprint density at radius 3 is 2.22 bits per heavy atom. The fourth-order valence-electron chi connectivity index (χ4n) is 3.20. The van der Waals surface area contributed by atoms with E-state index in [1.807, 2.05) is 44.2 Å². The highest BCUT2D eigenvalue weighted by molar-refractivity contribution is 5.91. The van der Waals surface area contributed by atoms with Crippen molar-refractivity contribution in [3.05, 3.63) is 48.0 Å². The lowest BCUT2D eigenvalue weighted by Gasteiger charge is -2.23. The number of nitrogens with two attached hydrogens (primary N) is 1. The van der Waals surface area contributed by atoms with E-state index in [0.29, 0.717) is 6.42 Å². The Morgan fingerprint density at radius 1 is 0.946 bits per heavy atom. The Balaban J connectivity index is 2.75. The standard InChI is InChI=1S/C26H38N4O7/c1-5-36-23(32)14-12-20(11-13-22(27)31)29-24(33)18(4)28-25(34)21(15-17(2)3)30-26(35)37-16-19-9-7-6-8-10-19/h6-10,12,14,17-18,20-21H,5,11,13,15-16H2,1-4H3,(H2,27,31)(H,28,34)(H,29,33)(H,30,35)/b14-12+/t18-,20-,21-/m0/s1. The minimum Gasteiger partial charge on any atom is -0.463 e. The Labute approximate surface area is 217 Å². The third-order valence-electron chi connectivity index (χ3n) is 5.06. The summed E-state index contributed by atoms with van der Waals surface area (Å²) < 4.78 is 10.0. The molecule has 0 aromatic heterocycles. The first-order chi connectivity index (χ1) is 17.5. The quantitative estimate of drug-likeness (QED) is 0.203. The number of primary amides is 1. The van der Waals surface area contributed by atoms with Crippen molar-refractivity contribution in [1.29, 1.82) is 0 Å². The second-order valence-electron chi connectivity index (χ2n) is 8.85. The van der Waals surface area contributed by atoms with Crippen LogP contribution in [0.2, 0.25) is 0 Å². The normalized spacial score (nSPS) is 13.3. The zero-order valence-corrected chi connectivity index (χ0v) is 21.8. The average molecular weight is 519 g/mol. The molecular formula is C26H38N4O7. The number of carbonyl (C=O) groups excluding carboxylic acids is 5. The van der Waals surface area contributed by atoms with Crippen molar-refractivity contribution >= 4 is 29.8 Å². The van der Waals surface area contributed by atoms with Crippen molar-refractivity contribution in [2.75, 3.05) is 6.61 Å². The van der Waals surface area contributed by atoms with Gasteiger partial charge < -0.3 is 31.2 Å². The van der Waals surface area contributed by atoms with Gasteiger partial charge >= 0.3 is 12.1 Å². The fourth-order valence-corrected chi connectivity index (χ4v) is 3.20. The highest BCUT2D eigenvalue weighted by Gasteiger charge is 2.26. The zero-order valence-electron chi connectivity index (χ0n) is 21.8. The summed E-state index contributed by atoms with van der Waals surface area (Å²) in [5.41, 5.74) is 6.00. The number of carbonyl (C=O) groups is 5. The van der Waals surface area contributed by atoms with Crippen molar-refractivity contribution < 1.29 is 33.4 Å². The van der Waals surface area contributed by atoms with Crippen LogP contribution in [0.5, 0.6) is 0 Å². The van der Waals surface area contributed by atoms with Crippen molar-refractivity contribution in [2.45, 2.75) is 71.7 Å². The van der Waals surface area contributed by atoms with Gasteiger partial charge in [0.1, 0.15) is 18.7 Å². The van der Waals surface area contributed by atoms with Crippen LogP contribution < -0.4 is 21.7 Å². The molecule has 0 bridgehead atoms. The van der Waals surface area contributed by atoms with Crippen molar-refractivity contribution in [2.24, 2.45) is 11.7 Å². The predicted molar refractivity (Wildman–Crippen MR) is 137 cm³/mol. The minimum atomic E-state index is -0.976. The summed E-state index contributed by atoms with van der Waals surface area (Å²) in [5.74, 6) is -2.19. The van der Waals surface area contributed by atoms with Gasteiger partial charge in [0.05, 0.1) is 6.61 Å². The van der Waals surface area contributed by atoms with Crippen molar-refractivity contribution in [3.8, 4) is 0 Å². The van der Waals surface area contributed by atoms with E-state index in [9.17, 15) is 24.0 Å². The van der Waals surface area contributed by atoms with E-state index in [1.165, 1.54) is 13.0 Å². The lowest BCUT2D eigenvalue weighted by molar-refractivity contribution is -0.137. The van der Waals surface area contributed by atoms with E-state index in [4.69, 9.17) is 15.2 Å². The Morgan fingerprint density at radius 2 is 1.62 bits per heavy atom. The van der Waals surface area contributed by atoms with E-state index in [2.05, 4.69) is 16.0 Å². The maximum Gasteiger partial charge on any atom is 0.408 e. The first kappa shape index (κ1) is 31.1. The molecule has 37 heavy (non-hydrogen) atoms. The van der Waals surface area contributed by atoms with Gasteiger partial charge in [-0.25, -0.2) is 9.59 Å². The van der Waals surface area contributed by atoms with Crippen LogP contribution in [-0.2, 0) is 35.3 Å². The van der Waals surface area contributed by atoms with E-state index in [-0.39, 0.29) is 32.0 Å². The number of rotatable bonds is 15. The first-order valence-electron chi connectivity index (χ1n) is 12.2. The summed E-state index contributed by atoms with van der Waals surface area (Å²) >= 11 is 0. The van der Waals surface area contributed by atoms with Gasteiger partial charge in [-0.05, 0) is 38.2 Å². The van der Waals surface area contributed by atoms with Gasteiger partial charge in [0.25, 0.3) is 0 Å². The Bertz CT molecular complexity index is 934. The molecule has 0 unspecified atom stereocenters. The Hall–Kier alpha value is -3.89. The third kappa shape index (κ3) is 13.7. The number of benzene rings is 1. The number of hydrogen-bond acceptors (Lipinski definition) is 7. The van der Waals surface area contributed by atoms with Crippen LogP contribution in [0.15, 0.2) is 42.5 Å². The number of nitrogens with one attached hydrogen (secondary N) is 3. The molecule has 0 saturated carbocycles. The van der Waals surface area contributed by atoms with Gasteiger partial charge in [0, 0.05) is 18.5 Å². The average Bonchev–Trinajstić information content (AvgIpc) is 2.84. The number of esters is 1. The lowest BCUT2D eigenvalue weighted by atomic mass is 10.0. The molecule has 1 rings (SSSR count). The van der Waals surface area contributed by atoms with E-state index >= 15 is 0 Å². The molecule has 11 heteroatoms. The van der Waals surface area contributed by atoms with E-state index in [1.54, 1.807) is 6.92 Å². The van der Waals surface area contributed by atoms with Crippen LogP contribution in [0.4, 0.5) is 4.79 Å². The topological polar surface area (TPSA) is 166 Å². The van der Waals surface area contributed by atoms with Crippen LogP contribution in [-0.4, -0.2) is 54.5 Å². The molecule has 0 spiro atoms. The molecule has 4 amide bonds. The van der Waals surface area contributed by atoms with Crippen LogP contribution in [0, 0.1) is 5.92 Å². The zero-order chi connectivity index (χ0) is 27.8. The molecule has 0 saturated heterocycles. The molecule has 0 aliphatic heterocycles. The summed E-state index contributed by atoms with van der Waals surface area (Å²) in [6, 6.07) is 6.52. The van der Waals surface area contributed by atoms with Crippen LogP contribution in [0.3, 0.4) is 0 Å². The molecule has 204 valence electrons. The molecule has 0 fully saturated rings. The van der Waals surface area contributed by atoms with Gasteiger partial charge in [0.2, 0.25) is 17.7 Å². The maximum absolute atomic E-state index is 12.9. The van der Waals surface area contributed by atoms with Gasteiger partial charge in [0.15, 0.2) is 0 Å². The lowest BCUT2D eigenvalue weighted by Crippen LogP contribution is -2.54. The van der Waals surface area contributed by atoms with Crippen LogP contribution >= 0.6 is 0 Å². The molecular weight excluding hydrogens is 480 g/mol. The minimum absolute atomic E-state index is 0.0235. The molecule has 0 radical (unpaired) electrons. The predicted octanol–water partition coefficient (Wildman–Crippen LogP) is 1.70. The second kappa shape index (κ2) is 16.7. The largest absolute Gasteiger partial charge is 0.463 e. The van der Waals surface area contributed by atoms with Crippen LogP contribution in [0.25, 0.3) is 0 Å². The van der Waals surface area contributed by atoms with Crippen LogP contribution in [0.1, 0.15) is 52.5 Å². The molecule has 1 aromatic rings. The van der Waals surface area contributed by atoms with Gasteiger partial charge in [-0.2, -0.15) is 0 Å². The summed E-state index contributed by atoms with van der Waals surface area (Å²) in [5, 5.41) is 7.82. The molecule has 1 aromatic carbocycles. The summed E-state index contributed by atoms with van der Waals surface area (Å²) in [4.78, 5) is 60.7. The van der Waals surface area contributed by atoms with Crippen molar-refractivity contribution in [1.82, 2.24) is 16.0 Å². The van der Waals surface area contributed by atoms with Gasteiger partial charge in [-0.1, -0.05) is 50.3 Å². The number of alkyl carbamates (subject to hydrolysis) is 1.